The molecule has 2 unspecified atom stereocenters. The number of nitrogens with zero attached hydrogens (tertiary/aromatic N) is 2. The normalized spacial score (nSPS) is 18.5. The van der Waals surface area contributed by atoms with E-state index < -0.39 is 6.10 Å². The maximum Gasteiger partial charge on any atom is 0.182 e. The van der Waals surface area contributed by atoms with Gasteiger partial charge in [-0.25, -0.2) is 0 Å². The van der Waals surface area contributed by atoms with Crippen LogP contribution in [-0.2, 0) is 19.4 Å². The number of aliphatic imine (C=N–C) groups is 1. The Morgan fingerprint density at radius 2 is 2.30 bits per heavy atom. The van der Waals surface area contributed by atoms with Gasteiger partial charge in [0.2, 0.25) is 0 Å². The van der Waals surface area contributed by atoms with Crippen molar-refractivity contribution in [1.82, 2.24) is 10.5 Å². The highest BCUT2D eigenvalue weighted by Gasteiger charge is 2.35. The predicted molar refractivity (Wildman–Crippen MR) is 132 cm³/mol. The van der Waals surface area contributed by atoms with Crippen LogP contribution >= 0.6 is 22.9 Å². The van der Waals surface area contributed by atoms with E-state index >= 15 is 0 Å². The van der Waals surface area contributed by atoms with Gasteiger partial charge in [-0.3, -0.25) is 4.99 Å². The zero-order valence-corrected chi connectivity index (χ0v) is 20.2. The van der Waals surface area contributed by atoms with Crippen molar-refractivity contribution in [3.05, 3.63) is 67.2 Å². The van der Waals surface area contributed by atoms with Crippen LogP contribution in [0.4, 0.5) is 5.69 Å². The number of aliphatic hydroxyl groups excluding tert-OH is 1. The fraction of sp³-hybridized carbons (Fsp3) is 0.360. The molecular weight excluding hydrogens is 458 g/mol. The van der Waals surface area contributed by atoms with E-state index in [0.29, 0.717) is 17.9 Å². The van der Waals surface area contributed by atoms with Gasteiger partial charge in [-0.05, 0) is 38.3 Å². The van der Waals surface area contributed by atoms with E-state index in [1.54, 1.807) is 0 Å². The molecule has 2 atom stereocenters. The first-order chi connectivity index (χ1) is 16.0. The van der Waals surface area contributed by atoms with Crippen molar-refractivity contribution in [2.75, 3.05) is 6.54 Å². The molecule has 1 aromatic carbocycles. The highest BCUT2D eigenvalue weighted by molar-refractivity contribution is 7.13. The number of halogens is 1. The molecule has 172 valence electrons. The standard InChI is InChI=1S/C25H26ClN3O3S/c1-4-15(25-19(27-3)11-22(33-25)20(30)5-2)16-10-14(26)8-13-9-21(31-23(13)16)24-17-12-28-7-6-18(17)29-32-24/h4,8,10-11,20-21,28,30H,3,5-7,9,12H2,1-2H3/b15-4-. The largest absolute Gasteiger partial charge is 0.481 e. The number of allylic oxidation sites excluding steroid dienone is 1. The molecule has 2 aromatic heterocycles. The summed E-state index contributed by atoms with van der Waals surface area (Å²) in [4.78, 5) is 6.03. The van der Waals surface area contributed by atoms with Crippen molar-refractivity contribution in [3.8, 4) is 5.75 Å². The Kier molecular flexibility index (Phi) is 6.14. The van der Waals surface area contributed by atoms with Crippen LogP contribution in [0.2, 0.25) is 5.02 Å². The molecule has 33 heavy (non-hydrogen) atoms. The molecule has 2 aliphatic heterocycles. The summed E-state index contributed by atoms with van der Waals surface area (Å²) in [6.07, 6.45) is 3.42. The van der Waals surface area contributed by atoms with Crippen LogP contribution < -0.4 is 10.1 Å². The summed E-state index contributed by atoms with van der Waals surface area (Å²) in [6, 6.07) is 5.80. The summed E-state index contributed by atoms with van der Waals surface area (Å²) in [5.74, 6) is 1.59. The molecule has 0 bridgehead atoms. The fourth-order valence-corrected chi connectivity index (χ4v) is 6.09. The lowest BCUT2D eigenvalue weighted by molar-refractivity contribution is 0.177. The molecular formula is C25H26ClN3O3S. The van der Waals surface area contributed by atoms with Crippen molar-refractivity contribution in [2.24, 2.45) is 4.99 Å². The van der Waals surface area contributed by atoms with Crippen molar-refractivity contribution < 1.29 is 14.4 Å². The van der Waals surface area contributed by atoms with Gasteiger partial charge in [0, 0.05) is 58.1 Å². The topological polar surface area (TPSA) is 79.9 Å². The molecule has 0 amide bonds. The minimum absolute atomic E-state index is 0.246. The molecule has 0 fully saturated rings. The summed E-state index contributed by atoms with van der Waals surface area (Å²) < 4.78 is 12.2. The molecule has 0 saturated carbocycles. The number of aliphatic hydroxyl groups is 1. The summed E-state index contributed by atoms with van der Waals surface area (Å²) in [7, 11) is 0. The number of aromatic nitrogens is 1. The Hall–Kier alpha value is -2.45. The molecule has 4 heterocycles. The van der Waals surface area contributed by atoms with Crippen molar-refractivity contribution in [3.63, 3.8) is 0 Å². The fourth-order valence-electron chi connectivity index (χ4n) is 4.57. The molecule has 2 N–H and O–H groups in total. The maximum atomic E-state index is 10.4. The van der Waals surface area contributed by atoms with Crippen molar-refractivity contribution >= 4 is 40.9 Å². The zero-order chi connectivity index (χ0) is 23.1. The molecule has 2 aliphatic rings. The Balaban J connectivity index is 1.55. The maximum absolute atomic E-state index is 10.4. The molecule has 0 saturated heterocycles. The van der Waals surface area contributed by atoms with Crippen LogP contribution in [-0.4, -0.2) is 23.5 Å². The molecule has 8 heteroatoms. The first-order valence-corrected chi connectivity index (χ1v) is 12.4. The number of hydrogen-bond donors (Lipinski definition) is 2. The first-order valence-electron chi connectivity index (χ1n) is 11.2. The van der Waals surface area contributed by atoms with Crippen LogP contribution in [0.1, 0.15) is 70.4 Å². The average Bonchev–Trinajstić information content (AvgIpc) is 3.55. The third-order valence-corrected chi connectivity index (χ3v) is 7.75. The van der Waals surface area contributed by atoms with Crippen LogP contribution in [0.5, 0.6) is 5.75 Å². The number of hydrogen-bond acceptors (Lipinski definition) is 7. The van der Waals surface area contributed by atoms with E-state index in [1.165, 1.54) is 11.3 Å². The Morgan fingerprint density at radius 3 is 3.06 bits per heavy atom. The molecule has 0 spiro atoms. The van der Waals surface area contributed by atoms with E-state index in [9.17, 15) is 5.11 Å². The summed E-state index contributed by atoms with van der Waals surface area (Å²) in [5.41, 5.74) is 5.75. The average molecular weight is 484 g/mol. The van der Waals surface area contributed by atoms with Gasteiger partial charge in [-0.15, -0.1) is 11.3 Å². The summed E-state index contributed by atoms with van der Waals surface area (Å²) in [5, 5.41) is 18.7. The molecule has 0 radical (unpaired) electrons. The second-order valence-electron chi connectivity index (χ2n) is 8.30. The van der Waals surface area contributed by atoms with E-state index in [2.05, 4.69) is 22.2 Å². The number of benzene rings is 1. The quantitative estimate of drug-likeness (QED) is 0.424. The van der Waals surface area contributed by atoms with E-state index in [0.717, 1.165) is 74.4 Å². The molecule has 0 aliphatic carbocycles. The number of ether oxygens (including phenoxy) is 1. The smallest absolute Gasteiger partial charge is 0.182 e. The van der Waals surface area contributed by atoms with Gasteiger partial charge >= 0.3 is 0 Å². The van der Waals surface area contributed by atoms with Crippen molar-refractivity contribution in [2.45, 2.75) is 51.9 Å². The third-order valence-electron chi connectivity index (χ3n) is 6.27. The van der Waals surface area contributed by atoms with Gasteiger partial charge in [0.05, 0.1) is 22.4 Å². The molecule has 6 nitrogen and oxygen atoms in total. The van der Waals surface area contributed by atoms with Gasteiger partial charge in [0.15, 0.2) is 11.9 Å². The van der Waals surface area contributed by atoms with E-state index in [-0.39, 0.29) is 6.10 Å². The van der Waals surface area contributed by atoms with Crippen LogP contribution in [0, 0.1) is 0 Å². The minimum Gasteiger partial charge on any atom is -0.481 e. The number of nitrogens with one attached hydrogen (secondary N) is 1. The summed E-state index contributed by atoms with van der Waals surface area (Å²) in [6.45, 7) is 9.33. The van der Waals surface area contributed by atoms with Crippen LogP contribution in [0.3, 0.4) is 0 Å². The van der Waals surface area contributed by atoms with E-state index in [4.69, 9.17) is 20.9 Å². The van der Waals surface area contributed by atoms with Crippen LogP contribution in [0.15, 0.2) is 33.8 Å². The lowest BCUT2D eigenvalue weighted by Crippen LogP contribution is -2.24. The number of fused-ring (bicyclic) bond motifs is 2. The minimum atomic E-state index is -0.528. The molecule has 3 aromatic rings. The molecule has 5 rings (SSSR count). The van der Waals surface area contributed by atoms with Crippen molar-refractivity contribution in [1.29, 1.82) is 0 Å². The lowest BCUT2D eigenvalue weighted by Gasteiger charge is -2.16. The van der Waals surface area contributed by atoms with E-state index in [1.807, 2.05) is 38.1 Å². The van der Waals surface area contributed by atoms with Gasteiger partial charge in [-0.2, -0.15) is 0 Å². The van der Waals surface area contributed by atoms with Gasteiger partial charge in [0.1, 0.15) is 5.75 Å². The SMILES string of the molecule is C=Nc1cc(C(O)CC)sc1/C(=C\C)c1cc(Cl)cc2c1OC(c1onc3c1CNCC3)C2. The number of rotatable bonds is 6. The lowest BCUT2D eigenvalue weighted by atomic mass is 9.97. The van der Waals surface area contributed by atoms with Gasteiger partial charge in [-0.1, -0.05) is 29.8 Å². The first kappa shape index (κ1) is 22.3. The Labute approximate surface area is 201 Å². The summed E-state index contributed by atoms with van der Waals surface area (Å²) >= 11 is 8.08. The zero-order valence-electron chi connectivity index (χ0n) is 18.7. The third kappa shape index (κ3) is 3.93. The second-order valence-corrected chi connectivity index (χ2v) is 9.82. The van der Waals surface area contributed by atoms with Gasteiger partial charge < -0.3 is 19.7 Å². The highest BCUT2D eigenvalue weighted by Crippen LogP contribution is 2.48. The number of thiophene rings is 1. The monoisotopic (exact) mass is 483 g/mol. The van der Waals surface area contributed by atoms with Crippen LogP contribution in [0.25, 0.3) is 5.57 Å². The second kappa shape index (κ2) is 9.06. The Morgan fingerprint density at radius 1 is 1.45 bits per heavy atom. The van der Waals surface area contributed by atoms with Gasteiger partial charge in [0.25, 0.3) is 0 Å². The Bertz CT molecular complexity index is 1250. The highest BCUT2D eigenvalue weighted by atomic mass is 35.5. The predicted octanol–water partition coefficient (Wildman–Crippen LogP) is 5.94.